The van der Waals surface area contributed by atoms with Crippen LogP contribution in [0, 0.1) is 0 Å². The van der Waals surface area contributed by atoms with Crippen LogP contribution in [0.4, 0.5) is 8.78 Å². The molecule has 16 heavy (non-hydrogen) atoms. The van der Waals surface area contributed by atoms with Crippen molar-refractivity contribution in [1.29, 1.82) is 0 Å². The smallest absolute Gasteiger partial charge is 0.319 e. The minimum absolute atomic E-state index is 0.0843. The molecule has 1 rings (SSSR count). The van der Waals surface area contributed by atoms with Gasteiger partial charge < -0.3 is 5.32 Å². The summed E-state index contributed by atoms with van der Waals surface area (Å²) in [4.78, 5) is 3.44. The molecule has 1 N–H and O–H groups in total. The van der Waals surface area contributed by atoms with Gasteiger partial charge in [0.15, 0.2) is 5.03 Å². The Labute approximate surface area is 92.6 Å². The van der Waals surface area contributed by atoms with Gasteiger partial charge in [-0.15, -0.1) is 0 Å². The largest absolute Gasteiger partial charge is 0.352 e. The van der Waals surface area contributed by atoms with Gasteiger partial charge in [0.1, 0.15) is 0 Å². The van der Waals surface area contributed by atoms with Crippen LogP contribution in [-0.4, -0.2) is 32.2 Å². The summed E-state index contributed by atoms with van der Waals surface area (Å²) in [7, 11) is -3.22. The third-order valence-electron chi connectivity index (χ3n) is 1.97. The van der Waals surface area contributed by atoms with Gasteiger partial charge in [-0.1, -0.05) is 6.07 Å². The molecule has 0 unspecified atom stereocenters. The summed E-state index contributed by atoms with van der Waals surface area (Å²) >= 11 is 0. The molecule has 1 aromatic rings. The van der Waals surface area contributed by atoms with Gasteiger partial charge in [0.2, 0.25) is 0 Å². The summed E-state index contributed by atoms with van der Waals surface area (Å²) in [6, 6.07) is 3.88. The van der Waals surface area contributed by atoms with Crippen molar-refractivity contribution in [1.82, 2.24) is 10.3 Å². The van der Waals surface area contributed by atoms with Crippen LogP contribution in [0.25, 0.3) is 0 Å². The highest BCUT2D eigenvalue weighted by molar-refractivity contribution is 7.92. The standard InChI is InChI=1S/C9H12F2N2O2S/c1-12-7-5-9(10,11)16(14,15)8-4-2-3-6-13-8/h2-4,6,12H,5,7H2,1H3. The number of alkyl halides is 2. The lowest BCUT2D eigenvalue weighted by atomic mass is 10.4. The normalized spacial score (nSPS) is 12.7. The van der Waals surface area contributed by atoms with E-state index in [2.05, 4.69) is 10.3 Å². The van der Waals surface area contributed by atoms with Crippen LogP contribution < -0.4 is 5.32 Å². The average molecular weight is 250 g/mol. The first-order chi connectivity index (χ1) is 7.42. The molecule has 1 heterocycles. The molecule has 0 atom stereocenters. The van der Waals surface area contributed by atoms with E-state index in [4.69, 9.17) is 0 Å². The third kappa shape index (κ3) is 2.53. The quantitative estimate of drug-likeness (QED) is 0.848. The Balaban J connectivity index is 3.02. The number of pyridine rings is 1. The SMILES string of the molecule is CNCCC(F)(F)S(=O)(=O)c1ccccn1. The molecule has 0 aliphatic carbocycles. The highest BCUT2D eigenvalue weighted by atomic mass is 32.2. The Morgan fingerprint density at radius 2 is 2.12 bits per heavy atom. The van der Waals surface area contributed by atoms with Crippen LogP contribution >= 0.6 is 0 Å². The molecular formula is C9H12F2N2O2S. The van der Waals surface area contributed by atoms with Crippen molar-refractivity contribution < 1.29 is 17.2 Å². The fraction of sp³-hybridized carbons (Fsp3) is 0.444. The van der Waals surface area contributed by atoms with E-state index in [1.54, 1.807) is 0 Å². The maximum Gasteiger partial charge on any atom is 0.352 e. The van der Waals surface area contributed by atoms with Gasteiger partial charge in [0.25, 0.3) is 9.84 Å². The van der Waals surface area contributed by atoms with Crippen LogP contribution in [-0.2, 0) is 9.84 Å². The van der Waals surface area contributed by atoms with E-state index in [1.165, 1.54) is 25.4 Å². The van der Waals surface area contributed by atoms with E-state index < -0.39 is 26.5 Å². The molecule has 0 fully saturated rings. The van der Waals surface area contributed by atoms with Crippen LogP contribution in [0.5, 0.6) is 0 Å². The number of rotatable bonds is 5. The molecule has 0 saturated heterocycles. The van der Waals surface area contributed by atoms with Crippen LogP contribution in [0.3, 0.4) is 0 Å². The molecule has 0 aromatic carbocycles. The maximum absolute atomic E-state index is 13.4. The van der Waals surface area contributed by atoms with E-state index in [0.717, 1.165) is 6.07 Å². The molecule has 4 nitrogen and oxygen atoms in total. The summed E-state index contributed by atoms with van der Waals surface area (Å²) in [6.07, 6.45) is 0.392. The zero-order chi connectivity index (χ0) is 12.2. The van der Waals surface area contributed by atoms with E-state index in [-0.39, 0.29) is 6.54 Å². The fourth-order valence-electron chi connectivity index (χ4n) is 1.06. The topological polar surface area (TPSA) is 59.1 Å². The van der Waals surface area contributed by atoms with E-state index in [0.29, 0.717) is 0 Å². The molecule has 0 radical (unpaired) electrons. The van der Waals surface area contributed by atoms with Crippen LogP contribution in [0.1, 0.15) is 6.42 Å². The molecule has 0 saturated carbocycles. The predicted octanol–water partition coefficient (Wildman–Crippen LogP) is 1.06. The zero-order valence-electron chi connectivity index (χ0n) is 8.65. The lowest BCUT2D eigenvalue weighted by Gasteiger charge is -2.15. The van der Waals surface area contributed by atoms with E-state index in [1.807, 2.05) is 0 Å². The lowest BCUT2D eigenvalue weighted by molar-refractivity contribution is 0.0824. The summed E-state index contributed by atoms with van der Waals surface area (Å²) < 4.78 is 49.9. The van der Waals surface area contributed by atoms with Gasteiger partial charge in [-0.25, -0.2) is 13.4 Å². The van der Waals surface area contributed by atoms with Crippen molar-refractivity contribution in [3.8, 4) is 0 Å². The zero-order valence-corrected chi connectivity index (χ0v) is 9.47. The molecular weight excluding hydrogens is 238 g/mol. The van der Waals surface area contributed by atoms with Crippen LogP contribution in [0.15, 0.2) is 29.4 Å². The second-order valence-corrected chi connectivity index (χ2v) is 5.18. The Kier molecular flexibility index (Phi) is 3.93. The number of sulfone groups is 1. The highest BCUT2D eigenvalue weighted by Gasteiger charge is 2.46. The number of hydrogen-bond acceptors (Lipinski definition) is 4. The molecule has 0 spiro atoms. The first-order valence-corrected chi connectivity index (χ1v) is 6.08. The number of halogens is 2. The molecule has 7 heteroatoms. The Hall–Kier alpha value is -1.08. The molecule has 1 aromatic heterocycles. The van der Waals surface area contributed by atoms with E-state index >= 15 is 0 Å². The second kappa shape index (κ2) is 4.84. The average Bonchev–Trinajstić information content (AvgIpc) is 2.27. The minimum Gasteiger partial charge on any atom is -0.319 e. The molecule has 0 aliphatic heterocycles. The minimum atomic E-state index is -4.70. The number of hydrogen-bond donors (Lipinski definition) is 1. The summed E-state index contributed by atoms with van der Waals surface area (Å²) in [5.74, 6) is 0. The van der Waals surface area contributed by atoms with Crippen molar-refractivity contribution in [2.24, 2.45) is 0 Å². The summed E-state index contributed by atoms with van der Waals surface area (Å²) in [5, 5.41) is -1.92. The van der Waals surface area contributed by atoms with Crippen molar-refractivity contribution in [3.63, 3.8) is 0 Å². The van der Waals surface area contributed by atoms with Crippen molar-refractivity contribution in [2.45, 2.75) is 16.7 Å². The van der Waals surface area contributed by atoms with Gasteiger partial charge in [-0.05, 0) is 19.2 Å². The third-order valence-corrected chi connectivity index (χ3v) is 3.75. The molecule has 0 aliphatic rings. The predicted molar refractivity (Wildman–Crippen MR) is 54.9 cm³/mol. The Bertz CT molecular complexity index is 434. The lowest BCUT2D eigenvalue weighted by Crippen LogP contribution is -2.32. The molecule has 0 amide bonds. The summed E-state index contributed by atoms with van der Waals surface area (Å²) in [6.45, 7) is -0.0843. The van der Waals surface area contributed by atoms with Gasteiger partial charge in [-0.2, -0.15) is 8.78 Å². The summed E-state index contributed by atoms with van der Waals surface area (Å²) in [5.41, 5.74) is 0. The van der Waals surface area contributed by atoms with Gasteiger partial charge >= 0.3 is 5.25 Å². The number of aromatic nitrogens is 1. The monoisotopic (exact) mass is 250 g/mol. The maximum atomic E-state index is 13.4. The highest BCUT2D eigenvalue weighted by Crippen LogP contribution is 2.30. The Morgan fingerprint density at radius 1 is 1.44 bits per heavy atom. The van der Waals surface area contributed by atoms with E-state index in [9.17, 15) is 17.2 Å². The van der Waals surface area contributed by atoms with Crippen molar-refractivity contribution >= 4 is 9.84 Å². The molecule has 90 valence electrons. The first-order valence-electron chi connectivity index (χ1n) is 4.60. The van der Waals surface area contributed by atoms with Crippen molar-refractivity contribution in [2.75, 3.05) is 13.6 Å². The first kappa shape index (κ1) is 13.0. The second-order valence-electron chi connectivity index (χ2n) is 3.16. The van der Waals surface area contributed by atoms with Crippen LogP contribution in [0.2, 0.25) is 0 Å². The van der Waals surface area contributed by atoms with Gasteiger partial charge in [0, 0.05) is 19.2 Å². The fourth-order valence-corrected chi connectivity index (χ4v) is 2.20. The van der Waals surface area contributed by atoms with Gasteiger partial charge in [0.05, 0.1) is 0 Å². The number of nitrogens with zero attached hydrogens (tertiary/aromatic N) is 1. The van der Waals surface area contributed by atoms with Gasteiger partial charge in [-0.3, -0.25) is 0 Å². The Morgan fingerprint density at radius 3 is 2.62 bits per heavy atom. The van der Waals surface area contributed by atoms with Crippen molar-refractivity contribution in [3.05, 3.63) is 24.4 Å². The molecule has 0 bridgehead atoms. The number of nitrogens with one attached hydrogen (secondary N) is 1.